The van der Waals surface area contributed by atoms with Crippen LogP contribution in [0.3, 0.4) is 0 Å². The van der Waals surface area contributed by atoms with Gasteiger partial charge in [0, 0.05) is 17.0 Å². The second-order valence-corrected chi connectivity index (χ2v) is 10.3. The molecule has 3 nitrogen and oxygen atoms in total. The Bertz CT molecular complexity index is 1040. The SMILES string of the molecule is Oc1ccc(C(c2cccc(C3CCCCC3)c2O)c2cccc(C3CCCCC3)c2O)cc1. The van der Waals surface area contributed by atoms with Gasteiger partial charge in [-0.15, -0.1) is 0 Å². The first kappa shape index (κ1) is 22.8. The van der Waals surface area contributed by atoms with E-state index < -0.39 is 0 Å². The summed E-state index contributed by atoms with van der Waals surface area (Å²) in [5.41, 5.74) is 4.66. The molecule has 2 saturated carbocycles. The van der Waals surface area contributed by atoms with Crippen molar-refractivity contribution in [2.45, 2.75) is 82.0 Å². The predicted molar refractivity (Wildman–Crippen MR) is 137 cm³/mol. The lowest BCUT2D eigenvalue weighted by Gasteiger charge is -2.28. The van der Waals surface area contributed by atoms with Crippen LogP contribution in [-0.2, 0) is 0 Å². The van der Waals surface area contributed by atoms with Crippen molar-refractivity contribution in [3.05, 3.63) is 88.5 Å². The van der Waals surface area contributed by atoms with Gasteiger partial charge in [-0.1, -0.05) is 87.1 Å². The molecule has 0 aromatic heterocycles. The minimum atomic E-state index is -0.312. The van der Waals surface area contributed by atoms with Crippen molar-refractivity contribution in [1.29, 1.82) is 0 Å². The quantitative estimate of drug-likeness (QED) is 0.340. The van der Waals surface area contributed by atoms with E-state index in [2.05, 4.69) is 24.3 Å². The van der Waals surface area contributed by atoms with Crippen LogP contribution in [-0.4, -0.2) is 15.3 Å². The molecule has 3 heteroatoms. The Hall–Kier alpha value is -2.94. The van der Waals surface area contributed by atoms with Crippen LogP contribution < -0.4 is 0 Å². The van der Waals surface area contributed by atoms with Crippen molar-refractivity contribution >= 4 is 0 Å². The fourth-order valence-corrected chi connectivity index (χ4v) is 6.31. The summed E-state index contributed by atoms with van der Waals surface area (Å²) >= 11 is 0. The van der Waals surface area contributed by atoms with Crippen molar-refractivity contribution in [3.63, 3.8) is 0 Å². The fraction of sp³-hybridized carbons (Fsp3) is 0.419. The second-order valence-electron chi connectivity index (χ2n) is 10.3. The molecule has 5 rings (SSSR count). The zero-order valence-electron chi connectivity index (χ0n) is 19.9. The van der Waals surface area contributed by atoms with Crippen LogP contribution in [0.15, 0.2) is 60.7 Å². The molecule has 3 aromatic rings. The van der Waals surface area contributed by atoms with Gasteiger partial charge in [-0.2, -0.15) is 0 Å². The van der Waals surface area contributed by atoms with E-state index in [9.17, 15) is 15.3 Å². The Labute approximate surface area is 203 Å². The maximum Gasteiger partial charge on any atom is 0.123 e. The third-order valence-corrected chi connectivity index (χ3v) is 8.14. The Morgan fingerprint density at radius 2 is 0.971 bits per heavy atom. The lowest BCUT2D eigenvalue weighted by Crippen LogP contribution is -2.10. The average molecular weight is 457 g/mol. The number of para-hydroxylation sites is 2. The van der Waals surface area contributed by atoms with Crippen LogP contribution in [0.4, 0.5) is 0 Å². The van der Waals surface area contributed by atoms with E-state index in [-0.39, 0.29) is 11.7 Å². The van der Waals surface area contributed by atoms with Gasteiger partial charge in [0.2, 0.25) is 0 Å². The molecule has 2 fully saturated rings. The van der Waals surface area contributed by atoms with E-state index in [1.54, 1.807) is 12.1 Å². The number of benzene rings is 3. The van der Waals surface area contributed by atoms with Crippen LogP contribution in [0.1, 0.15) is 110 Å². The van der Waals surface area contributed by atoms with Gasteiger partial charge in [0.25, 0.3) is 0 Å². The summed E-state index contributed by atoms with van der Waals surface area (Å²) in [5.74, 6) is 1.38. The van der Waals surface area contributed by atoms with Gasteiger partial charge >= 0.3 is 0 Å². The Morgan fingerprint density at radius 3 is 1.41 bits per heavy atom. The van der Waals surface area contributed by atoms with Crippen molar-refractivity contribution < 1.29 is 15.3 Å². The molecule has 0 spiro atoms. The maximum absolute atomic E-state index is 11.6. The van der Waals surface area contributed by atoms with Crippen LogP contribution in [0.2, 0.25) is 0 Å². The molecule has 0 bridgehead atoms. The van der Waals surface area contributed by atoms with Gasteiger partial charge in [0.05, 0.1) is 0 Å². The largest absolute Gasteiger partial charge is 0.508 e. The van der Waals surface area contributed by atoms with Crippen LogP contribution in [0, 0.1) is 0 Å². The van der Waals surface area contributed by atoms with Crippen LogP contribution >= 0.6 is 0 Å². The molecule has 0 radical (unpaired) electrons. The Balaban J connectivity index is 1.63. The second kappa shape index (κ2) is 10.1. The molecule has 2 aliphatic rings. The van der Waals surface area contributed by atoms with Gasteiger partial charge in [-0.05, 0) is 66.3 Å². The van der Waals surface area contributed by atoms with E-state index in [0.29, 0.717) is 23.3 Å². The highest BCUT2D eigenvalue weighted by molar-refractivity contribution is 5.57. The predicted octanol–water partition coefficient (Wildman–Crippen LogP) is 8.08. The molecular formula is C31H36O3. The summed E-state index contributed by atoms with van der Waals surface area (Å²) in [6, 6.07) is 19.4. The van der Waals surface area contributed by atoms with Crippen molar-refractivity contribution in [3.8, 4) is 17.2 Å². The number of phenolic OH excluding ortho intramolecular Hbond substituents is 3. The molecule has 0 aliphatic heterocycles. The summed E-state index contributed by atoms with van der Waals surface area (Å²) in [6.45, 7) is 0. The average Bonchev–Trinajstić information content (AvgIpc) is 2.88. The molecule has 3 N–H and O–H groups in total. The fourth-order valence-electron chi connectivity index (χ4n) is 6.31. The molecule has 178 valence electrons. The highest BCUT2D eigenvalue weighted by Crippen LogP contribution is 2.47. The normalized spacial score (nSPS) is 17.8. The van der Waals surface area contributed by atoms with E-state index in [1.807, 2.05) is 24.3 Å². The Morgan fingerprint density at radius 1 is 0.529 bits per heavy atom. The van der Waals surface area contributed by atoms with Gasteiger partial charge < -0.3 is 15.3 Å². The third-order valence-electron chi connectivity index (χ3n) is 8.14. The number of aromatic hydroxyl groups is 3. The number of phenols is 3. The summed E-state index contributed by atoms with van der Waals surface area (Å²) in [6.07, 6.45) is 11.8. The van der Waals surface area contributed by atoms with Crippen LogP contribution in [0.25, 0.3) is 0 Å². The van der Waals surface area contributed by atoms with Gasteiger partial charge in [-0.25, -0.2) is 0 Å². The zero-order chi connectivity index (χ0) is 23.5. The molecule has 0 heterocycles. The molecule has 0 atom stereocenters. The summed E-state index contributed by atoms with van der Waals surface area (Å²) in [5, 5.41) is 33.1. The number of hydrogen-bond donors (Lipinski definition) is 3. The topological polar surface area (TPSA) is 60.7 Å². The summed E-state index contributed by atoms with van der Waals surface area (Å²) in [4.78, 5) is 0. The van der Waals surface area contributed by atoms with Crippen LogP contribution in [0.5, 0.6) is 17.2 Å². The lowest BCUT2D eigenvalue weighted by molar-refractivity contribution is 0.407. The smallest absolute Gasteiger partial charge is 0.123 e. The summed E-state index contributed by atoms with van der Waals surface area (Å²) < 4.78 is 0. The van der Waals surface area contributed by atoms with Gasteiger partial charge in [0.1, 0.15) is 17.2 Å². The first-order chi connectivity index (χ1) is 16.6. The van der Waals surface area contributed by atoms with Crippen molar-refractivity contribution in [1.82, 2.24) is 0 Å². The molecule has 0 unspecified atom stereocenters. The molecule has 34 heavy (non-hydrogen) atoms. The molecular weight excluding hydrogens is 420 g/mol. The number of hydrogen-bond acceptors (Lipinski definition) is 3. The third kappa shape index (κ3) is 4.53. The molecule has 3 aromatic carbocycles. The Kier molecular flexibility index (Phi) is 6.80. The van der Waals surface area contributed by atoms with E-state index in [0.717, 1.165) is 53.5 Å². The minimum absolute atomic E-state index is 0.211. The molecule has 2 aliphatic carbocycles. The minimum Gasteiger partial charge on any atom is -0.508 e. The number of rotatable bonds is 5. The lowest BCUT2D eigenvalue weighted by atomic mass is 9.77. The van der Waals surface area contributed by atoms with Gasteiger partial charge in [-0.3, -0.25) is 0 Å². The highest BCUT2D eigenvalue weighted by atomic mass is 16.3. The molecule has 0 amide bonds. The van der Waals surface area contributed by atoms with E-state index in [1.165, 1.54) is 38.5 Å². The van der Waals surface area contributed by atoms with E-state index in [4.69, 9.17) is 0 Å². The van der Waals surface area contributed by atoms with Crippen molar-refractivity contribution in [2.75, 3.05) is 0 Å². The van der Waals surface area contributed by atoms with E-state index >= 15 is 0 Å². The highest BCUT2D eigenvalue weighted by Gasteiger charge is 2.29. The summed E-state index contributed by atoms with van der Waals surface area (Å²) in [7, 11) is 0. The first-order valence-corrected chi connectivity index (χ1v) is 13.1. The molecule has 0 saturated heterocycles. The standard InChI is InChI=1S/C31H36O3/c32-24-19-17-23(18-20-24)29(27-15-7-13-25(30(27)33)21-9-3-1-4-10-21)28-16-8-14-26(31(28)34)22-11-5-2-6-12-22/h7-8,13-22,29,32-34H,1-6,9-12H2. The first-order valence-electron chi connectivity index (χ1n) is 13.1. The maximum atomic E-state index is 11.6. The van der Waals surface area contributed by atoms with Crippen molar-refractivity contribution in [2.24, 2.45) is 0 Å². The van der Waals surface area contributed by atoms with Gasteiger partial charge in [0.15, 0.2) is 0 Å². The monoisotopic (exact) mass is 456 g/mol. The zero-order valence-corrected chi connectivity index (χ0v) is 19.9.